The van der Waals surface area contributed by atoms with E-state index >= 15 is 0 Å². The standard InChI is InChI=1S/C13H15BrN2O/c14-10-4-5-16-11(7-10)9-15-13(16)8-12-3-1-2-6-17-12/h4-5,7,9,12H,1-3,6,8H2. The first-order valence-electron chi connectivity index (χ1n) is 6.06. The van der Waals surface area contributed by atoms with Gasteiger partial charge in [-0.3, -0.25) is 0 Å². The van der Waals surface area contributed by atoms with Crippen molar-refractivity contribution < 1.29 is 4.74 Å². The summed E-state index contributed by atoms with van der Waals surface area (Å²) in [5, 5.41) is 0. The fourth-order valence-electron chi connectivity index (χ4n) is 2.35. The molecule has 1 unspecified atom stereocenters. The number of hydrogen-bond acceptors (Lipinski definition) is 2. The van der Waals surface area contributed by atoms with E-state index in [1.54, 1.807) is 0 Å². The van der Waals surface area contributed by atoms with E-state index in [1.807, 2.05) is 12.3 Å². The number of imidazole rings is 1. The Morgan fingerprint density at radius 1 is 1.47 bits per heavy atom. The summed E-state index contributed by atoms with van der Waals surface area (Å²) < 4.78 is 8.99. The zero-order valence-electron chi connectivity index (χ0n) is 9.60. The molecule has 0 N–H and O–H groups in total. The van der Waals surface area contributed by atoms with Crippen LogP contribution in [0.3, 0.4) is 0 Å². The van der Waals surface area contributed by atoms with Gasteiger partial charge in [0.05, 0.1) is 17.8 Å². The number of ether oxygens (including phenoxy) is 1. The van der Waals surface area contributed by atoms with E-state index in [1.165, 1.54) is 12.8 Å². The van der Waals surface area contributed by atoms with Gasteiger partial charge in [0.15, 0.2) is 0 Å². The molecule has 1 fully saturated rings. The molecule has 3 nitrogen and oxygen atoms in total. The Hall–Kier alpha value is -0.870. The predicted molar refractivity (Wildman–Crippen MR) is 70.2 cm³/mol. The van der Waals surface area contributed by atoms with Crippen molar-refractivity contribution in [2.75, 3.05) is 6.61 Å². The van der Waals surface area contributed by atoms with Crippen LogP contribution in [0.5, 0.6) is 0 Å². The summed E-state index contributed by atoms with van der Waals surface area (Å²) in [6.07, 6.45) is 8.87. The van der Waals surface area contributed by atoms with E-state index in [9.17, 15) is 0 Å². The van der Waals surface area contributed by atoms with Gasteiger partial charge in [0.25, 0.3) is 0 Å². The molecule has 3 heterocycles. The van der Waals surface area contributed by atoms with Crippen LogP contribution in [0, 0.1) is 0 Å². The maximum Gasteiger partial charge on any atom is 0.115 e. The van der Waals surface area contributed by atoms with E-state index in [-0.39, 0.29) is 0 Å². The highest BCUT2D eigenvalue weighted by Crippen LogP contribution is 2.19. The lowest BCUT2D eigenvalue weighted by atomic mass is 10.1. The van der Waals surface area contributed by atoms with Crippen LogP contribution in [0.25, 0.3) is 5.52 Å². The Balaban J connectivity index is 1.84. The summed E-state index contributed by atoms with van der Waals surface area (Å²) in [4.78, 5) is 4.49. The third-order valence-corrected chi connectivity index (χ3v) is 3.75. The second-order valence-electron chi connectivity index (χ2n) is 4.51. The number of nitrogens with zero attached hydrogens (tertiary/aromatic N) is 2. The largest absolute Gasteiger partial charge is 0.378 e. The third kappa shape index (κ3) is 2.38. The first-order chi connectivity index (χ1) is 8.33. The molecule has 2 aromatic heterocycles. The maximum absolute atomic E-state index is 5.76. The van der Waals surface area contributed by atoms with E-state index in [2.05, 4.69) is 37.6 Å². The molecule has 1 aliphatic heterocycles. The summed E-state index contributed by atoms with van der Waals surface area (Å²) in [5.41, 5.74) is 1.13. The minimum absolute atomic E-state index is 0.345. The second-order valence-corrected chi connectivity index (χ2v) is 5.42. The lowest BCUT2D eigenvalue weighted by Gasteiger charge is -2.21. The molecule has 0 aromatic carbocycles. The summed E-state index contributed by atoms with van der Waals surface area (Å²) in [6.45, 7) is 0.902. The minimum Gasteiger partial charge on any atom is -0.378 e. The van der Waals surface area contributed by atoms with Gasteiger partial charge in [-0.25, -0.2) is 4.98 Å². The van der Waals surface area contributed by atoms with Crippen LogP contribution in [0.1, 0.15) is 25.1 Å². The summed E-state index contributed by atoms with van der Waals surface area (Å²) in [6, 6.07) is 4.12. The number of pyridine rings is 1. The second kappa shape index (κ2) is 4.78. The van der Waals surface area contributed by atoms with Crippen LogP contribution in [0.15, 0.2) is 29.0 Å². The molecule has 1 aliphatic rings. The van der Waals surface area contributed by atoms with Gasteiger partial charge in [-0.15, -0.1) is 0 Å². The van der Waals surface area contributed by atoms with Crippen molar-refractivity contribution in [2.24, 2.45) is 0 Å². The molecule has 3 rings (SSSR count). The lowest BCUT2D eigenvalue weighted by molar-refractivity contribution is 0.0156. The molecule has 17 heavy (non-hydrogen) atoms. The number of fused-ring (bicyclic) bond motifs is 1. The van der Waals surface area contributed by atoms with Gasteiger partial charge in [0, 0.05) is 23.7 Å². The third-order valence-electron chi connectivity index (χ3n) is 3.25. The van der Waals surface area contributed by atoms with Gasteiger partial charge in [0.2, 0.25) is 0 Å². The van der Waals surface area contributed by atoms with Crippen molar-refractivity contribution in [1.29, 1.82) is 0 Å². The van der Waals surface area contributed by atoms with Crippen LogP contribution in [0.4, 0.5) is 0 Å². The summed E-state index contributed by atoms with van der Waals surface area (Å²) >= 11 is 3.47. The first-order valence-corrected chi connectivity index (χ1v) is 6.85. The smallest absolute Gasteiger partial charge is 0.115 e. The molecule has 0 aliphatic carbocycles. The van der Waals surface area contributed by atoms with Gasteiger partial charge in [-0.2, -0.15) is 0 Å². The van der Waals surface area contributed by atoms with E-state index in [0.29, 0.717) is 6.10 Å². The average Bonchev–Trinajstić information content (AvgIpc) is 2.73. The molecule has 0 spiro atoms. The molecule has 0 saturated carbocycles. The van der Waals surface area contributed by atoms with Crippen molar-refractivity contribution in [1.82, 2.24) is 9.38 Å². The summed E-state index contributed by atoms with van der Waals surface area (Å²) in [7, 11) is 0. The van der Waals surface area contributed by atoms with Gasteiger partial charge >= 0.3 is 0 Å². The monoisotopic (exact) mass is 294 g/mol. The average molecular weight is 295 g/mol. The molecular weight excluding hydrogens is 280 g/mol. The van der Waals surface area contributed by atoms with Crippen LogP contribution in [-0.4, -0.2) is 22.1 Å². The first kappa shape index (κ1) is 11.2. The molecule has 90 valence electrons. The quantitative estimate of drug-likeness (QED) is 0.850. The van der Waals surface area contributed by atoms with Gasteiger partial charge in [0.1, 0.15) is 5.82 Å². The molecule has 1 atom stereocenters. The predicted octanol–water partition coefficient (Wildman–Crippen LogP) is 3.21. The van der Waals surface area contributed by atoms with Gasteiger partial charge < -0.3 is 9.14 Å². The van der Waals surface area contributed by atoms with E-state index < -0.39 is 0 Å². The van der Waals surface area contributed by atoms with Gasteiger partial charge in [-0.1, -0.05) is 15.9 Å². The van der Waals surface area contributed by atoms with E-state index in [0.717, 1.165) is 35.3 Å². The number of aromatic nitrogens is 2. The maximum atomic E-state index is 5.76. The molecule has 4 heteroatoms. The zero-order valence-corrected chi connectivity index (χ0v) is 11.2. The van der Waals surface area contributed by atoms with Crippen LogP contribution in [-0.2, 0) is 11.2 Å². The molecular formula is C13H15BrN2O. The molecule has 0 amide bonds. The highest BCUT2D eigenvalue weighted by Gasteiger charge is 2.16. The Morgan fingerprint density at radius 3 is 3.24 bits per heavy atom. The SMILES string of the molecule is Brc1ccn2c(CC3CCCCO3)ncc2c1. The van der Waals surface area contributed by atoms with Crippen LogP contribution < -0.4 is 0 Å². The van der Waals surface area contributed by atoms with Crippen LogP contribution in [0.2, 0.25) is 0 Å². The molecule has 0 radical (unpaired) electrons. The highest BCUT2D eigenvalue weighted by atomic mass is 79.9. The molecule has 2 aromatic rings. The minimum atomic E-state index is 0.345. The normalized spacial score (nSPS) is 20.9. The fraction of sp³-hybridized carbons (Fsp3) is 0.462. The Bertz CT molecular complexity index is 517. The van der Waals surface area contributed by atoms with Crippen molar-refractivity contribution in [3.8, 4) is 0 Å². The van der Waals surface area contributed by atoms with Crippen molar-refractivity contribution >= 4 is 21.4 Å². The van der Waals surface area contributed by atoms with Crippen molar-refractivity contribution in [3.05, 3.63) is 34.8 Å². The lowest BCUT2D eigenvalue weighted by Crippen LogP contribution is -2.22. The van der Waals surface area contributed by atoms with E-state index in [4.69, 9.17) is 4.74 Å². The number of halogens is 1. The Kier molecular flexibility index (Phi) is 3.16. The number of hydrogen-bond donors (Lipinski definition) is 0. The Morgan fingerprint density at radius 2 is 2.41 bits per heavy atom. The number of rotatable bonds is 2. The van der Waals surface area contributed by atoms with Gasteiger partial charge in [-0.05, 0) is 31.4 Å². The zero-order chi connectivity index (χ0) is 11.7. The molecule has 1 saturated heterocycles. The fourth-order valence-corrected chi connectivity index (χ4v) is 2.70. The Labute approximate surface area is 109 Å². The van der Waals surface area contributed by atoms with Crippen molar-refractivity contribution in [2.45, 2.75) is 31.8 Å². The topological polar surface area (TPSA) is 26.5 Å². The molecule has 0 bridgehead atoms. The highest BCUT2D eigenvalue weighted by molar-refractivity contribution is 9.10. The van der Waals surface area contributed by atoms with Crippen LogP contribution >= 0.6 is 15.9 Å². The van der Waals surface area contributed by atoms with Crippen molar-refractivity contribution in [3.63, 3.8) is 0 Å². The summed E-state index contributed by atoms with van der Waals surface area (Å²) in [5.74, 6) is 1.10.